The quantitative estimate of drug-likeness (QED) is 0.569. The predicted octanol–water partition coefficient (Wildman–Crippen LogP) is 0.899. The molecule has 2 N–H and O–H groups in total. The number of ether oxygens (including phenoxy) is 1. The van der Waals surface area contributed by atoms with E-state index in [0.717, 1.165) is 6.07 Å². The summed E-state index contributed by atoms with van der Waals surface area (Å²) in [5.41, 5.74) is -0.439. The van der Waals surface area contributed by atoms with Crippen LogP contribution in [0, 0.1) is 16.0 Å². The molecule has 0 bridgehead atoms. The number of methoxy groups -OCH3 is 1. The van der Waals surface area contributed by atoms with Gasteiger partial charge in [0.25, 0.3) is 0 Å². The Morgan fingerprint density at radius 3 is 2.48 bits per heavy atom. The standard InChI is InChI=1S/C12H18N2O6S/c1-8(2)10(7-15)13-21(18,19)9-4-5-12(20-3)11(6-9)14(16)17/h4-6,8,10,13,15H,7H2,1-3H3. The lowest BCUT2D eigenvalue weighted by Gasteiger charge is -2.19. The number of nitro benzene ring substituents is 1. The second-order valence-electron chi connectivity index (χ2n) is 4.75. The van der Waals surface area contributed by atoms with Crippen molar-refractivity contribution in [3.8, 4) is 5.75 Å². The van der Waals surface area contributed by atoms with Gasteiger partial charge < -0.3 is 9.84 Å². The van der Waals surface area contributed by atoms with E-state index >= 15 is 0 Å². The maximum Gasteiger partial charge on any atom is 0.312 e. The maximum absolute atomic E-state index is 12.2. The third-order valence-corrected chi connectivity index (χ3v) is 4.45. The van der Waals surface area contributed by atoms with Crippen molar-refractivity contribution in [1.29, 1.82) is 0 Å². The molecule has 0 aliphatic carbocycles. The summed E-state index contributed by atoms with van der Waals surface area (Å²) in [6.45, 7) is 3.13. The molecule has 1 atom stereocenters. The summed E-state index contributed by atoms with van der Waals surface area (Å²) >= 11 is 0. The van der Waals surface area contributed by atoms with Crippen LogP contribution in [0.15, 0.2) is 23.1 Å². The van der Waals surface area contributed by atoms with Gasteiger partial charge in [0.2, 0.25) is 10.0 Å². The zero-order valence-electron chi connectivity index (χ0n) is 11.9. The van der Waals surface area contributed by atoms with E-state index < -0.39 is 26.7 Å². The highest BCUT2D eigenvalue weighted by atomic mass is 32.2. The zero-order valence-corrected chi connectivity index (χ0v) is 12.8. The van der Waals surface area contributed by atoms with Crippen molar-refractivity contribution in [2.75, 3.05) is 13.7 Å². The first kappa shape index (κ1) is 17.3. The SMILES string of the molecule is COc1ccc(S(=O)(=O)NC(CO)C(C)C)cc1[N+](=O)[O-]. The van der Waals surface area contributed by atoms with Crippen molar-refractivity contribution in [3.63, 3.8) is 0 Å². The molecule has 1 rings (SSSR count). The Hall–Kier alpha value is -1.71. The minimum atomic E-state index is -3.97. The molecule has 0 fully saturated rings. The van der Waals surface area contributed by atoms with Crippen molar-refractivity contribution < 1.29 is 23.2 Å². The summed E-state index contributed by atoms with van der Waals surface area (Å²) in [6.07, 6.45) is 0. The number of hydrogen-bond acceptors (Lipinski definition) is 6. The van der Waals surface area contributed by atoms with Crippen LogP contribution in [0.25, 0.3) is 0 Å². The number of sulfonamides is 1. The molecular weight excluding hydrogens is 300 g/mol. The van der Waals surface area contributed by atoms with E-state index in [1.165, 1.54) is 19.2 Å². The van der Waals surface area contributed by atoms with Gasteiger partial charge in [0.05, 0.1) is 23.5 Å². The van der Waals surface area contributed by atoms with Crippen LogP contribution in [0.1, 0.15) is 13.8 Å². The van der Waals surface area contributed by atoms with Crippen LogP contribution in [0.2, 0.25) is 0 Å². The molecule has 21 heavy (non-hydrogen) atoms. The van der Waals surface area contributed by atoms with Crippen molar-refractivity contribution in [2.45, 2.75) is 24.8 Å². The second-order valence-corrected chi connectivity index (χ2v) is 6.46. The molecule has 118 valence electrons. The van der Waals surface area contributed by atoms with Crippen LogP contribution in [-0.4, -0.2) is 38.2 Å². The first-order chi connectivity index (χ1) is 9.72. The van der Waals surface area contributed by atoms with Gasteiger partial charge in [-0.2, -0.15) is 0 Å². The molecule has 0 amide bonds. The summed E-state index contributed by atoms with van der Waals surface area (Å²) < 4.78 is 31.5. The summed E-state index contributed by atoms with van der Waals surface area (Å²) in [6, 6.07) is 2.69. The van der Waals surface area contributed by atoms with Crippen molar-refractivity contribution in [1.82, 2.24) is 4.72 Å². The molecule has 0 saturated carbocycles. The van der Waals surface area contributed by atoms with Crippen molar-refractivity contribution in [2.24, 2.45) is 5.92 Å². The minimum absolute atomic E-state index is 0.0264. The molecule has 1 aromatic carbocycles. The lowest BCUT2D eigenvalue weighted by molar-refractivity contribution is -0.386. The highest BCUT2D eigenvalue weighted by molar-refractivity contribution is 7.89. The van der Waals surface area contributed by atoms with E-state index in [2.05, 4.69) is 4.72 Å². The van der Waals surface area contributed by atoms with Crippen LogP contribution in [0.5, 0.6) is 5.75 Å². The van der Waals surface area contributed by atoms with Crippen LogP contribution < -0.4 is 9.46 Å². The van der Waals surface area contributed by atoms with E-state index in [0.29, 0.717) is 0 Å². The second kappa shape index (κ2) is 6.83. The Bertz CT molecular complexity index is 614. The van der Waals surface area contributed by atoms with E-state index in [1.54, 1.807) is 13.8 Å². The van der Waals surface area contributed by atoms with Crippen LogP contribution in [-0.2, 0) is 10.0 Å². The number of benzene rings is 1. The molecule has 9 heteroatoms. The van der Waals surface area contributed by atoms with Gasteiger partial charge in [0, 0.05) is 12.1 Å². The number of aliphatic hydroxyl groups excluding tert-OH is 1. The molecule has 8 nitrogen and oxygen atoms in total. The van der Waals surface area contributed by atoms with Gasteiger partial charge in [-0.15, -0.1) is 0 Å². The van der Waals surface area contributed by atoms with Gasteiger partial charge in [-0.05, 0) is 18.1 Å². The molecule has 0 aromatic heterocycles. The molecule has 0 aliphatic rings. The van der Waals surface area contributed by atoms with Gasteiger partial charge in [-0.3, -0.25) is 10.1 Å². The molecule has 0 heterocycles. The van der Waals surface area contributed by atoms with E-state index in [1.807, 2.05) is 0 Å². The molecule has 1 unspecified atom stereocenters. The molecule has 1 aromatic rings. The number of hydrogen-bond donors (Lipinski definition) is 2. The fourth-order valence-corrected chi connectivity index (χ4v) is 3.03. The van der Waals surface area contributed by atoms with Gasteiger partial charge in [0.15, 0.2) is 5.75 Å². The lowest BCUT2D eigenvalue weighted by atomic mass is 10.1. The summed E-state index contributed by atoms with van der Waals surface area (Å²) in [4.78, 5) is 9.94. The molecule has 0 saturated heterocycles. The third-order valence-electron chi connectivity index (χ3n) is 2.97. The van der Waals surface area contributed by atoms with Crippen LogP contribution in [0.4, 0.5) is 5.69 Å². The highest BCUT2D eigenvalue weighted by Crippen LogP contribution is 2.29. The molecular formula is C12H18N2O6S. The summed E-state index contributed by atoms with van der Waals surface area (Å²) in [5, 5.41) is 20.1. The van der Waals surface area contributed by atoms with Crippen molar-refractivity contribution in [3.05, 3.63) is 28.3 Å². The lowest BCUT2D eigenvalue weighted by Crippen LogP contribution is -2.41. The average molecular weight is 318 g/mol. The third kappa shape index (κ3) is 4.13. The maximum atomic E-state index is 12.2. The Balaban J connectivity index is 3.20. The normalized spacial score (nSPS) is 13.2. The van der Waals surface area contributed by atoms with E-state index in [4.69, 9.17) is 4.74 Å². The van der Waals surface area contributed by atoms with Gasteiger partial charge in [-0.25, -0.2) is 13.1 Å². The topological polar surface area (TPSA) is 119 Å². The number of aliphatic hydroxyl groups is 1. The summed E-state index contributed by atoms with van der Waals surface area (Å²) in [5.74, 6) is -0.153. The molecule has 0 aliphatic heterocycles. The fourth-order valence-electron chi connectivity index (χ4n) is 1.63. The average Bonchev–Trinajstić information content (AvgIpc) is 2.43. The molecule has 0 spiro atoms. The highest BCUT2D eigenvalue weighted by Gasteiger charge is 2.25. The van der Waals surface area contributed by atoms with Gasteiger partial charge in [0.1, 0.15) is 0 Å². The van der Waals surface area contributed by atoms with Gasteiger partial charge in [-0.1, -0.05) is 13.8 Å². The molecule has 0 radical (unpaired) electrons. The number of nitro groups is 1. The zero-order chi connectivity index (χ0) is 16.2. The number of rotatable bonds is 7. The minimum Gasteiger partial charge on any atom is -0.490 e. The van der Waals surface area contributed by atoms with E-state index in [-0.39, 0.29) is 23.2 Å². The predicted molar refractivity (Wildman–Crippen MR) is 75.7 cm³/mol. The Morgan fingerprint density at radius 1 is 1.43 bits per heavy atom. The fraction of sp³-hybridized carbons (Fsp3) is 0.500. The Labute approximate surface area is 122 Å². The Kier molecular flexibility index (Phi) is 5.64. The first-order valence-electron chi connectivity index (χ1n) is 6.18. The monoisotopic (exact) mass is 318 g/mol. The van der Waals surface area contributed by atoms with Crippen LogP contribution in [0.3, 0.4) is 0 Å². The smallest absolute Gasteiger partial charge is 0.312 e. The number of nitrogens with one attached hydrogen (secondary N) is 1. The number of nitrogens with zero attached hydrogens (tertiary/aromatic N) is 1. The summed E-state index contributed by atoms with van der Waals surface area (Å²) in [7, 11) is -2.71. The van der Waals surface area contributed by atoms with Crippen LogP contribution >= 0.6 is 0 Å². The largest absolute Gasteiger partial charge is 0.490 e. The van der Waals surface area contributed by atoms with E-state index in [9.17, 15) is 23.6 Å². The Morgan fingerprint density at radius 2 is 2.05 bits per heavy atom. The van der Waals surface area contributed by atoms with Crippen molar-refractivity contribution >= 4 is 15.7 Å². The van der Waals surface area contributed by atoms with Gasteiger partial charge >= 0.3 is 5.69 Å². The first-order valence-corrected chi connectivity index (χ1v) is 7.67.